The average molecular weight is 368 g/mol. The molecule has 0 aliphatic carbocycles. The van der Waals surface area contributed by atoms with Crippen LogP contribution < -0.4 is 0 Å². The second-order valence-corrected chi connectivity index (χ2v) is 7.09. The van der Waals surface area contributed by atoms with Crippen LogP contribution in [0.15, 0.2) is 60.7 Å². The normalized spacial score (nSPS) is 13.5. The first-order chi connectivity index (χ1) is 12.9. The number of rotatable bonds is 8. The van der Waals surface area contributed by atoms with Crippen LogP contribution in [0, 0.1) is 5.41 Å². The first kappa shape index (κ1) is 20.7. The van der Waals surface area contributed by atoms with Gasteiger partial charge in [-0.15, -0.1) is 0 Å². The molecule has 0 aliphatic rings. The summed E-state index contributed by atoms with van der Waals surface area (Å²) in [6, 6.07) is 19.2. The van der Waals surface area contributed by atoms with E-state index in [1.54, 1.807) is 13.8 Å². The van der Waals surface area contributed by atoms with E-state index < -0.39 is 17.6 Å². The number of hydrogen-bond donors (Lipinski definition) is 0. The van der Waals surface area contributed by atoms with Gasteiger partial charge in [0.1, 0.15) is 12.2 Å². The van der Waals surface area contributed by atoms with Crippen LogP contribution in [0.4, 0.5) is 0 Å². The second-order valence-electron chi connectivity index (χ2n) is 7.09. The van der Waals surface area contributed by atoms with Crippen LogP contribution in [0.1, 0.15) is 63.9 Å². The van der Waals surface area contributed by atoms with Gasteiger partial charge >= 0.3 is 11.9 Å². The molecule has 144 valence electrons. The highest BCUT2D eigenvalue weighted by Crippen LogP contribution is 2.48. The van der Waals surface area contributed by atoms with E-state index in [0.717, 1.165) is 11.1 Å². The van der Waals surface area contributed by atoms with Crippen molar-refractivity contribution in [2.75, 3.05) is 0 Å². The molecule has 0 N–H and O–H groups in total. The quantitative estimate of drug-likeness (QED) is 0.585. The Balaban J connectivity index is 2.50. The van der Waals surface area contributed by atoms with Gasteiger partial charge in [-0.2, -0.15) is 0 Å². The molecule has 0 heterocycles. The highest BCUT2D eigenvalue weighted by atomic mass is 16.6. The van der Waals surface area contributed by atoms with Gasteiger partial charge in [0.05, 0.1) is 0 Å². The van der Waals surface area contributed by atoms with E-state index in [2.05, 4.69) is 0 Å². The first-order valence-electron chi connectivity index (χ1n) is 9.39. The summed E-state index contributed by atoms with van der Waals surface area (Å²) >= 11 is 0. The third kappa shape index (κ3) is 5.19. The van der Waals surface area contributed by atoms with Crippen molar-refractivity contribution in [1.29, 1.82) is 0 Å². The Morgan fingerprint density at radius 1 is 0.741 bits per heavy atom. The fraction of sp³-hybridized carbons (Fsp3) is 0.391. The average Bonchev–Trinajstić information content (AvgIpc) is 2.70. The van der Waals surface area contributed by atoms with Gasteiger partial charge in [-0.1, -0.05) is 88.4 Å². The van der Waals surface area contributed by atoms with E-state index in [9.17, 15) is 9.59 Å². The first-order valence-corrected chi connectivity index (χ1v) is 9.39. The van der Waals surface area contributed by atoms with Crippen molar-refractivity contribution >= 4 is 11.9 Å². The maximum Gasteiger partial charge on any atom is 0.306 e. The predicted octanol–water partition coefficient (Wildman–Crippen LogP) is 5.40. The van der Waals surface area contributed by atoms with Gasteiger partial charge in [0.2, 0.25) is 0 Å². The van der Waals surface area contributed by atoms with E-state index in [1.165, 1.54) is 0 Å². The Morgan fingerprint density at radius 2 is 1.07 bits per heavy atom. The summed E-state index contributed by atoms with van der Waals surface area (Å²) in [5.41, 5.74) is 1.06. The number of carbonyl (C=O) groups is 2. The zero-order valence-corrected chi connectivity index (χ0v) is 16.5. The summed E-state index contributed by atoms with van der Waals surface area (Å²) < 4.78 is 11.7. The predicted molar refractivity (Wildman–Crippen MR) is 105 cm³/mol. The van der Waals surface area contributed by atoms with E-state index in [0.29, 0.717) is 0 Å². The summed E-state index contributed by atoms with van der Waals surface area (Å²) in [4.78, 5) is 24.3. The molecule has 27 heavy (non-hydrogen) atoms. The molecule has 0 radical (unpaired) electrons. The summed E-state index contributed by atoms with van der Waals surface area (Å²) in [5.74, 6) is -0.573. The summed E-state index contributed by atoms with van der Waals surface area (Å²) in [5, 5.41) is 0. The van der Waals surface area contributed by atoms with Crippen LogP contribution in [0.3, 0.4) is 0 Å². The van der Waals surface area contributed by atoms with Gasteiger partial charge < -0.3 is 9.47 Å². The van der Waals surface area contributed by atoms with E-state index in [4.69, 9.17) is 9.47 Å². The maximum atomic E-state index is 12.1. The molecule has 2 aromatic rings. The number of esters is 2. The maximum absolute atomic E-state index is 12.1. The third-order valence-electron chi connectivity index (χ3n) is 4.63. The lowest BCUT2D eigenvalue weighted by molar-refractivity contribution is -0.173. The van der Waals surface area contributed by atoms with Crippen LogP contribution in [-0.4, -0.2) is 11.9 Å². The fourth-order valence-corrected chi connectivity index (χ4v) is 3.12. The Bertz CT molecular complexity index is 674. The fourth-order valence-electron chi connectivity index (χ4n) is 3.12. The minimum atomic E-state index is -0.682. The van der Waals surface area contributed by atoms with Gasteiger partial charge in [-0.25, -0.2) is 0 Å². The lowest BCUT2D eigenvalue weighted by Gasteiger charge is -2.40. The molecule has 0 fully saturated rings. The van der Waals surface area contributed by atoms with E-state index in [-0.39, 0.29) is 24.8 Å². The molecule has 4 nitrogen and oxygen atoms in total. The Kier molecular flexibility index (Phi) is 7.17. The summed E-state index contributed by atoms with van der Waals surface area (Å²) in [6.07, 6.45) is -0.545. The lowest BCUT2D eigenvalue weighted by Crippen LogP contribution is -2.35. The molecule has 2 aromatic carbocycles. The molecule has 0 spiro atoms. The molecule has 4 heteroatoms. The summed E-state index contributed by atoms with van der Waals surface area (Å²) in [6.45, 7) is 7.47. The highest BCUT2D eigenvalue weighted by Gasteiger charge is 2.43. The SMILES string of the molecule is CCC(=O)OC(c1ccccc1)C(C)(C)C(OC(=O)CC)c1ccccc1. The van der Waals surface area contributed by atoms with Crippen molar-refractivity contribution in [3.05, 3.63) is 71.8 Å². The van der Waals surface area contributed by atoms with Crippen LogP contribution in [0.25, 0.3) is 0 Å². The Morgan fingerprint density at radius 3 is 1.37 bits per heavy atom. The standard InChI is InChI=1S/C23H28O4/c1-5-19(24)26-21(17-13-9-7-10-14-17)23(3,4)22(27-20(25)6-2)18-15-11-8-12-16-18/h7-16,21-22H,5-6H2,1-4H3. The zero-order chi connectivity index (χ0) is 19.9. The number of ether oxygens (including phenoxy) is 2. The Labute approximate surface area is 161 Å². The molecule has 0 bridgehead atoms. The largest absolute Gasteiger partial charge is 0.457 e. The molecule has 2 atom stereocenters. The molecule has 0 aliphatic heterocycles. The van der Waals surface area contributed by atoms with E-state index >= 15 is 0 Å². The molecule has 0 saturated carbocycles. The number of benzene rings is 2. The molecule has 2 unspecified atom stereocenters. The lowest BCUT2D eigenvalue weighted by atomic mass is 9.75. The van der Waals surface area contributed by atoms with Gasteiger partial charge in [0.25, 0.3) is 0 Å². The third-order valence-corrected chi connectivity index (χ3v) is 4.63. The molecular formula is C23H28O4. The second kappa shape index (κ2) is 9.36. The number of carbonyl (C=O) groups excluding carboxylic acids is 2. The van der Waals surface area contributed by atoms with Crippen molar-refractivity contribution in [3.63, 3.8) is 0 Å². The van der Waals surface area contributed by atoms with Gasteiger partial charge in [-0.05, 0) is 11.1 Å². The van der Waals surface area contributed by atoms with Crippen LogP contribution in [0.2, 0.25) is 0 Å². The van der Waals surface area contributed by atoms with Gasteiger partial charge in [-0.3, -0.25) is 9.59 Å². The monoisotopic (exact) mass is 368 g/mol. The van der Waals surface area contributed by atoms with E-state index in [1.807, 2.05) is 74.5 Å². The van der Waals surface area contributed by atoms with Crippen LogP contribution in [-0.2, 0) is 19.1 Å². The van der Waals surface area contributed by atoms with Crippen LogP contribution in [0.5, 0.6) is 0 Å². The van der Waals surface area contributed by atoms with Crippen LogP contribution >= 0.6 is 0 Å². The van der Waals surface area contributed by atoms with Gasteiger partial charge in [0, 0.05) is 18.3 Å². The Hall–Kier alpha value is -2.62. The molecule has 2 rings (SSSR count). The van der Waals surface area contributed by atoms with Gasteiger partial charge in [0.15, 0.2) is 0 Å². The van der Waals surface area contributed by atoms with Crippen molar-refractivity contribution < 1.29 is 19.1 Å². The summed E-state index contributed by atoms with van der Waals surface area (Å²) in [7, 11) is 0. The van der Waals surface area contributed by atoms with Crippen molar-refractivity contribution in [2.45, 2.75) is 52.7 Å². The minimum absolute atomic E-state index is 0.282. The smallest absolute Gasteiger partial charge is 0.306 e. The highest BCUT2D eigenvalue weighted by molar-refractivity contribution is 5.70. The zero-order valence-electron chi connectivity index (χ0n) is 16.5. The molecule has 0 aromatic heterocycles. The van der Waals surface area contributed by atoms with Crippen molar-refractivity contribution in [1.82, 2.24) is 0 Å². The molecule has 0 saturated heterocycles. The minimum Gasteiger partial charge on any atom is -0.457 e. The molecular weight excluding hydrogens is 340 g/mol. The van der Waals surface area contributed by atoms with Crippen molar-refractivity contribution in [3.8, 4) is 0 Å². The number of hydrogen-bond acceptors (Lipinski definition) is 4. The topological polar surface area (TPSA) is 52.6 Å². The van der Waals surface area contributed by atoms with Crippen molar-refractivity contribution in [2.24, 2.45) is 5.41 Å². The molecule has 0 amide bonds.